The van der Waals surface area contributed by atoms with E-state index in [0.29, 0.717) is 31.7 Å². The molecule has 1 amide bonds. The zero-order valence-electron chi connectivity index (χ0n) is 22.6. The number of anilines is 2. The predicted octanol–water partition coefficient (Wildman–Crippen LogP) is 1.78. The van der Waals surface area contributed by atoms with Crippen molar-refractivity contribution in [1.29, 1.82) is 0 Å². The third-order valence-electron chi connectivity index (χ3n) is 6.20. The third kappa shape index (κ3) is 5.84. The second-order valence-corrected chi connectivity index (χ2v) is 9.56. The first-order valence-corrected chi connectivity index (χ1v) is 12.4. The minimum atomic E-state index is -0.277. The van der Waals surface area contributed by atoms with Crippen LogP contribution in [0.5, 0.6) is 6.01 Å². The highest BCUT2D eigenvalue weighted by Gasteiger charge is 2.23. The van der Waals surface area contributed by atoms with Crippen molar-refractivity contribution in [1.82, 2.24) is 34.4 Å². The number of nitrogens with zero attached hydrogens (tertiary/aromatic N) is 8. The van der Waals surface area contributed by atoms with Gasteiger partial charge in [-0.2, -0.15) is 4.98 Å². The van der Waals surface area contributed by atoms with E-state index in [1.807, 2.05) is 37.0 Å². The minimum absolute atomic E-state index is 0.130. The fourth-order valence-corrected chi connectivity index (χ4v) is 4.43. The fourth-order valence-electron chi connectivity index (χ4n) is 4.43. The topological polar surface area (TPSA) is 118 Å². The van der Waals surface area contributed by atoms with Crippen LogP contribution in [0.4, 0.5) is 11.6 Å². The smallest absolute Gasteiger partial charge is 0.336 e. The van der Waals surface area contributed by atoms with E-state index < -0.39 is 0 Å². The maximum Gasteiger partial charge on any atom is 0.336 e. The maximum absolute atomic E-state index is 12.4. The van der Waals surface area contributed by atoms with Crippen LogP contribution in [0.2, 0.25) is 0 Å². The average Bonchev–Trinajstić information content (AvgIpc) is 3.26. The predicted molar refractivity (Wildman–Crippen MR) is 139 cm³/mol. The lowest BCUT2D eigenvalue weighted by atomic mass is 10.1. The molecule has 0 saturated carbocycles. The van der Waals surface area contributed by atoms with Crippen LogP contribution in [-0.4, -0.2) is 93.2 Å². The third-order valence-corrected chi connectivity index (χ3v) is 6.20. The van der Waals surface area contributed by atoms with Crippen LogP contribution in [0.1, 0.15) is 44.9 Å². The van der Waals surface area contributed by atoms with Crippen LogP contribution in [0, 0.1) is 6.92 Å². The van der Waals surface area contributed by atoms with E-state index in [4.69, 9.17) is 16.8 Å². The number of imidazole rings is 1. The lowest BCUT2D eigenvalue weighted by Gasteiger charge is -2.36. The summed E-state index contributed by atoms with van der Waals surface area (Å²) in [5, 5.41) is 4.51. The molecule has 4 rings (SSSR count). The van der Waals surface area contributed by atoms with E-state index in [9.17, 15) is 4.79 Å². The molecule has 1 saturated heterocycles. The highest BCUT2D eigenvalue weighted by molar-refractivity contribution is 5.78. The summed E-state index contributed by atoms with van der Waals surface area (Å²) in [6, 6.07) is 2.28. The normalized spacial score (nSPS) is 15.4. The Labute approximate surface area is 213 Å². The number of carbonyl (C=O) groups excluding carboxylic acids is 1. The van der Waals surface area contributed by atoms with Gasteiger partial charge in [0.05, 0.1) is 24.5 Å². The Hall–Kier alpha value is -3.47. The van der Waals surface area contributed by atoms with Crippen LogP contribution in [-0.2, 0) is 11.2 Å². The quantitative estimate of drug-likeness (QED) is 0.473. The van der Waals surface area contributed by atoms with Gasteiger partial charge in [0.25, 0.3) is 0 Å². The highest BCUT2D eigenvalue weighted by atomic mass is 16.5. The number of piperazine rings is 1. The zero-order chi connectivity index (χ0) is 26.5. The number of nitrogen functional groups attached to an aromatic ring is 1. The molecule has 4 heterocycles. The van der Waals surface area contributed by atoms with Gasteiger partial charge in [0.15, 0.2) is 11.5 Å². The van der Waals surface area contributed by atoms with E-state index in [0.717, 1.165) is 48.6 Å². The van der Waals surface area contributed by atoms with E-state index in [2.05, 4.69) is 33.0 Å². The van der Waals surface area contributed by atoms with Crippen LogP contribution in [0.3, 0.4) is 0 Å². The Morgan fingerprint density at radius 3 is 2.69 bits per heavy atom. The van der Waals surface area contributed by atoms with Crippen molar-refractivity contribution >= 4 is 23.2 Å². The van der Waals surface area contributed by atoms with E-state index >= 15 is 0 Å². The number of rotatable bonds is 9. The summed E-state index contributed by atoms with van der Waals surface area (Å²) in [6.45, 7) is 7.59. The first kappa shape index (κ1) is 24.2. The van der Waals surface area contributed by atoms with Gasteiger partial charge in [-0.25, -0.2) is 14.5 Å². The monoisotopic (exact) mass is 496 g/mol. The van der Waals surface area contributed by atoms with Crippen molar-refractivity contribution in [2.24, 2.45) is 0 Å². The number of hydrogen-bond acceptors (Lipinski definition) is 9. The summed E-state index contributed by atoms with van der Waals surface area (Å²) < 4.78 is 15.2. The number of nitrogens with two attached hydrogens (primary N) is 1. The molecule has 3 aromatic rings. The summed E-state index contributed by atoms with van der Waals surface area (Å²) in [7, 11) is 3.82. The number of fused-ring (bicyclic) bond motifs is 1. The second-order valence-electron chi connectivity index (χ2n) is 9.56. The molecule has 0 aromatic carbocycles. The standard InChI is InChI=1S/C25H37N9O2/c1-6-7-18(3)36-25-29-22(26)24-28-15-20(34(24)30-25)13-19-12-17(2)23(27-14-19)33-10-8-32(9-11-33)21(35)16-31(4)5/h12,14-15,18H,6-11,13,16H2,1-5H3,(H2,26,29,30)/t18-/m1/s1/i3D. The van der Waals surface area contributed by atoms with Crippen LogP contribution in [0.25, 0.3) is 5.65 Å². The Kier molecular flexibility index (Phi) is 7.45. The molecular formula is C25H37N9O2. The highest BCUT2D eigenvalue weighted by Crippen LogP contribution is 2.22. The number of likely N-dealkylation sites (N-methyl/N-ethyl adjacent to an activating group) is 1. The summed E-state index contributed by atoms with van der Waals surface area (Å²) in [6.07, 6.45) is 5.57. The molecule has 11 nitrogen and oxygen atoms in total. The van der Waals surface area contributed by atoms with E-state index in [-0.39, 0.29) is 30.7 Å². The summed E-state index contributed by atoms with van der Waals surface area (Å²) in [5.74, 6) is 1.35. The molecule has 3 aromatic heterocycles. The fraction of sp³-hybridized carbons (Fsp3) is 0.560. The van der Waals surface area contributed by atoms with Crippen LogP contribution in [0.15, 0.2) is 18.5 Å². The first-order valence-electron chi connectivity index (χ1n) is 13.1. The molecule has 36 heavy (non-hydrogen) atoms. The van der Waals surface area contributed by atoms with E-state index in [1.165, 1.54) is 0 Å². The Bertz CT molecular complexity index is 1220. The van der Waals surface area contributed by atoms with Gasteiger partial charge in [-0.3, -0.25) is 4.79 Å². The van der Waals surface area contributed by atoms with Gasteiger partial charge in [0, 0.05) is 40.2 Å². The molecule has 1 aliphatic heterocycles. The van der Waals surface area contributed by atoms with Crippen molar-refractivity contribution in [3.63, 3.8) is 0 Å². The lowest BCUT2D eigenvalue weighted by molar-refractivity contribution is -0.132. The number of aryl methyl sites for hydroxylation is 1. The molecule has 0 bridgehead atoms. The van der Waals surface area contributed by atoms with E-state index in [1.54, 1.807) is 10.7 Å². The van der Waals surface area contributed by atoms with Crippen molar-refractivity contribution in [3.8, 4) is 6.01 Å². The molecule has 1 fully saturated rings. The average molecular weight is 497 g/mol. The number of carbonyl (C=O) groups is 1. The minimum Gasteiger partial charge on any atom is -0.459 e. The van der Waals surface area contributed by atoms with Gasteiger partial charge in [-0.1, -0.05) is 19.4 Å². The van der Waals surface area contributed by atoms with Crippen LogP contribution >= 0.6 is 0 Å². The molecule has 1 aliphatic rings. The van der Waals surface area contributed by atoms with Gasteiger partial charge in [0.2, 0.25) is 5.91 Å². The number of aromatic nitrogens is 5. The Morgan fingerprint density at radius 1 is 1.25 bits per heavy atom. The molecule has 1 atom stereocenters. The molecule has 0 aliphatic carbocycles. The second kappa shape index (κ2) is 11.1. The van der Waals surface area contributed by atoms with Crippen molar-refractivity contribution in [3.05, 3.63) is 35.3 Å². The zero-order valence-corrected chi connectivity index (χ0v) is 21.6. The van der Waals surface area contributed by atoms with Crippen LogP contribution < -0.4 is 15.4 Å². The Balaban J connectivity index is 1.46. The van der Waals surface area contributed by atoms with Crippen molar-refractivity contribution in [2.45, 2.75) is 46.1 Å². The molecule has 2 N–H and O–H groups in total. The van der Waals surface area contributed by atoms with Gasteiger partial charge >= 0.3 is 6.01 Å². The molecule has 11 heteroatoms. The summed E-state index contributed by atoms with van der Waals surface area (Å²) in [5.41, 5.74) is 9.55. The maximum atomic E-state index is 12.4. The first-order chi connectivity index (χ1) is 17.8. The SMILES string of the molecule is [2H]C[C@H](CCC)Oc1nc(N)c2ncc(Cc3cnc(N4CCN(C(=O)CN(C)C)CC4)c(C)c3)n2n1. The van der Waals surface area contributed by atoms with Crippen molar-refractivity contribution in [2.75, 3.05) is 57.5 Å². The number of hydrogen-bond donors (Lipinski definition) is 1. The number of amides is 1. The molecular weight excluding hydrogens is 458 g/mol. The number of pyridine rings is 1. The molecule has 0 radical (unpaired) electrons. The van der Waals surface area contributed by atoms with Gasteiger partial charge in [-0.05, 0) is 45.5 Å². The number of ether oxygens (including phenoxy) is 1. The lowest BCUT2D eigenvalue weighted by Crippen LogP contribution is -2.51. The summed E-state index contributed by atoms with van der Waals surface area (Å²) >= 11 is 0. The van der Waals surface area contributed by atoms with Gasteiger partial charge in [0.1, 0.15) is 5.82 Å². The summed E-state index contributed by atoms with van der Waals surface area (Å²) in [4.78, 5) is 31.8. The molecule has 0 unspecified atom stereocenters. The van der Waals surface area contributed by atoms with Crippen molar-refractivity contribution < 1.29 is 10.9 Å². The van der Waals surface area contributed by atoms with Gasteiger partial charge in [-0.15, -0.1) is 5.10 Å². The van der Waals surface area contributed by atoms with Gasteiger partial charge < -0.3 is 25.2 Å². The Morgan fingerprint density at radius 2 is 2.03 bits per heavy atom. The molecule has 194 valence electrons. The largest absolute Gasteiger partial charge is 0.459 e. The molecule has 0 spiro atoms.